The Morgan fingerprint density at radius 3 is 2.38 bits per heavy atom. The minimum Gasteiger partial charge on any atom is -0.497 e. The van der Waals surface area contributed by atoms with E-state index >= 15 is 0 Å². The van der Waals surface area contributed by atoms with Gasteiger partial charge in [0.25, 0.3) is 0 Å². The van der Waals surface area contributed by atoms with E-state index in [-0.39, 0.29) is 33.9 Å². The van der Waals surface area contributed by atoms with Crippen molar-refractivity contribution in [1.82, 2.24) is 9.97 Å². The molecule has 0 aliphatic heterocycles. The molecule has 3 N–H and O–H groups in total. The number of methoxy groups -OCH3 is 2. The van der Waals surface area contributed by atoms with E-state index in [0.29, 0.717) is 11.4 Å². The Hall–Kier alpha value is -3.38. The normalized spacial score (nSPS) is 11.1. The van der Waals surface area contributed by atoms with Gasteiger partial charge in [-0.2, -0.15) is 9.37 Å². The lowest BCUT2D eigenvalue weighted by atomic mass is 10.2. The summed E-state index contributed by atoms with van der Waals surface area (Å²) in [6.45, 7) is 0. The largest absolute Gasteiger partial charge is 0.497 e. The number of aromatic nitrogens is 2. The van der Waals surface area contributed by atoms with Crippen molar-refractivity contribution in [1.29, 1.82) is 0 Å². The second-order valence-corrected chi connectivity index (χ2v) is 8.52. The third-order valence-electron chi connectivity index (χ3n) is 4.02. The van der Waals surface area contributed by atoms with Crippen LogP contribution in [0.2, 0.25) is 5.02 Å². The highest BCUT2D eigenvalue weighted by atomic mass is 35.5. The van der Waals surface area contributed by atoms with Gasteiger partial charge >= 0.3 is 0 Å². The second-order valence-electron chi connectivity index (χ2n) is 6.37. The number of nitrogens with one attached hydrogen (secondary N) is 3. The molecule has 3 rings (SSSR count). The Kier molecular flexibility index (Phi) is 6.84. The predicted octanol–water partition coefficient (Wildman–Crippen LogP) is 4.28. The molecule has 0 radical (unpaired) electrons. The SMILES string of the molecule is COc1ccc(Nc2nc(Nc3ccc(F)c(F)c3OC)ncc2Cl)c(NS(C)(=O)=O)c1. The first kappa shape index (κ1) is 23.3. The number of sulfonamides is 1. The number of halogens is 3. The van der Waals surface area contributed by atoms with Crippen molar-refractivity contribution in [3.8, 4) is 11.5 Å². The van der Waals surface area contributed by atoms with Crippen molar-refractivity contribution < 1.29 is 26.7 Å². The van der Waals surface area contributed by atoms with E-state index in [1.165, 1.54) is 32.5 Å². The number of benzene rings is 2. The highest BCUT2D eigenvalue weighted by Gasteiger charge is 2.17. The molecule has 0 aliphatic carbocycles. The average Bonchev–Trinajstić information content (AvgIpc) is 2.73. The van der Waals surface area contributed by atoms with Crippen LogP contribution in [0.25, 0.3) is 0 Å². The third-order valence-corrected chi connectivity index (χ3v) is 4.89. The second kappa shape index (κ2) is 9.40. The highest BCUT2D eigenvalue weighted by Crippen LogP contribution is 2.34. The van der Waals surface area contributed by atoms with E-state index in [0.717, 1.165) is 12.3 Å². The van der Waals surface area contributed by atoms with E-state index in [9.17, 15) is 17.2 Å². The van der Waals surface area contributed by atoms with Gasteiger partial charge in [0.15, 0.2) is 17.4 Å². The summed E-state index contributed by atoms with van der Waals surface area (Å²) >= 11 is 6.18. The maximum absolute atomic E-state index is 14.0. The van der Waals surface area contributed by atoms with Gasteiger partial charge in [0.05, 0.1) is 43.7 Å². The summed E-state index contributed by atoms with van der Waals surface area (Å²) < 4.78 is 63.3. The molecule has 1 aromatic heterocycles. The van der Waals surface area contributed by atoms with Crippen LogP contribution in [0.15, 0.2) is 36.5 Å². The molecule has 0 saturated heterocycles. The minimum absolute atomic E-state index is 0.00709. The molecule has 13 heteroatoms. The summed E-state index contributed by atoms with van der Waals surface area (Å²) in [5, 5.41) is 5.77. The van der Waals surface area contributed by atoms with Crippen molar-refractivity contribution >= 4 is 50.5 Å². The summed E-state index contributed by atoms with van der Waals surface area (Å²) in [6.07, 6.45) is 2.28. The number of hydrogen-bond donors (Lipinski definition) is 3. The van der Waals surface area contributed by atoms with Crippen LogP contribution in [0.3, 0.4) is 0 Å². The quantitative estimate of drug-likeness (QED) is 0.433. The van der Waals surface area contributed by atoms with Crippen molar-refractivity contribution in [3.63, 3.8) is 0 Å². The summed E-state index contributed by atoms with van der Waals surface area (Å²) in [5.74, 6) is -2.06. The van der Waals surface area contributed by atoms with Gasteiger partial charge in [0, 0.05) is 6.07 Å². The van der Waals surface area contributed by atoms with Crippen molar-refractivity contribution in [2.45, 2.75) is 0 Å². The van der Waals surface area contributed by atoms with E-state index in [2.05, 4.69) is 25.3 Å². The van der Waals surface area contributed by atoms with Gasteiger partial charge < -0.3 is 20.1 Å². The fourth-order valence-corrected chi connectivity index (χ4v) is 3.34. The van der Waals surface area contributed by atoms with Gasteiger partial charge in [0.2, 0.25) is 21.8 Å². The first-order chi connectivity index (χ1) is 15.1. The summed E-state index contributed by atoms with van der Waals surface area (Å²) in [6, 6.07) is 6.84. The van der Waals surface area contributed by atoms with Crippen LogP contribution in [0, 0.1) is 11.6 Å². The molecule has 32 heavy (non-hydrogen) atoms. The molecule has 0 aliphatic rings. The summed E-state index contributed by atoms with van der Waals surface area (Å²) in [7, 11) is -0.959. The van der Waals surface area contributed by atoms with Gasteiger partial charge in [-0.15, -0.1) is 0 Å². The van der Waals surface area contributed by atoms with Crippen molar-refractivity contribution in [2.75, 3.05) is 35.8 Å². The lowest BCUT2D eigenvalue weighted by molar-refractivity contribution is 0.374. The van der Waals surface area contributed by atoms with Crippen LogP contribution in [0.4, 0.5) is 37.6 Å². The van der Waals surface area contributed by atoms with Crippen LogP contribution in [0.1, 0.15) is 0 Å². The Morgan fingerprint density at radius 2 is 1.72 bits per heavy atom. The molecule has 9 nitrogen and oxygen atoms in total. The number of anilines is 5. The minimum atomic E-state index is -3.59. The Morgan fingerprint density at radius 1 is 1.00 bits per heavy atom. The van der Waals surface area contributed by atoms with Gasteiger partial charge in [-0.3, -0.25) is 4.72 Å². The number of rotatable bonds is 8. The average molecular weight is 486 g/mol. The van der Waals surface area contributed by atoms with Crippen LogP contribution >= 0.6 is 11.6 Å². The van der Waals surface area contributed by atoms with Gasteiger partial charge in [-0.25, -0.2) is 17.8 Å². The molecule has 1 heterocycles. The molecule has 0 amide bonds. The van der Waals surface area contributed by atoms with Crippen molar-refractivity contribution in [3.05, 3.63) is 53.2 Å². The van der Waals surface area contributed by atoms with Crippen molar-refractivity contribution in [2.24, 2.45) is 0 Å². The first-order valence-electron chi connectivity index (χ1n) is 8.85. The van der Waals surface area contributed by atoms with Crippen LogP contribution in [-0.4, -0.2) is 38.9 Å². The zero-order valence-corrected chi connectivity index (χ0v) is 18.6. The molecule has 3 aromatic rings. The van der Waals surface area contributed by atoms with Gasteiger partial charge in [-0.1, -0.05) is 11.6 Å². The number of ether oxygens (including phenoxy) is 2. The van der Waals surface area contributed by atoms with E-state index in [4.69, 9.17) is 21.1 Å². The molecular weight excluding hydrogens is 468 g/mol. The first-order valence-corrected chi connectivity index (χ1v) is 11.1. The lowest BCUT2D eigenvalue weighted by Crippen LogP contribution is -2.11. The third kappa shape index (κ3) is 5.45. The monoisotopic (exact) mass is 485 g/mol. The Bertz CT molecular complexity index is 1260. The molecule has 2 aromatic carbocycles. The molecular formula is C19H18ClF2N5O4S. The van der Waals surface area contributed by atoms with E-state index < -0.39 is 21.7 Å². The molecule has 0 atom stereocenters. The maximum atomic E-state index is 14.0. The molecule has 0 fully saturated rings. The van der Waals surface area contributed by atoms with Crippen LogP contribution in [-0.2, 0) is 10.0 Å². The fraction of sp³-hybridized carbons (Fsp3) is 0.158. The summed E-state index contributed by atoms with van der Waals surface area (Å²) in [5.41, 5.74) is 0.607. The number of nitrogens with zero attached hydrogens (tertiary/aromatic N) is 2. The van der Waals surface area contributed by atoms with Gasteiger partial charge in [-0.05, 0) is 24.3 Å². The zero-order valence-electron chi connectivity index (χ0n) is 17.0. The smallest absolute Gasteiger partial charge is 0.229 e. The molecule has 0 unspecified atom stereocenters. The Balaban J connectivity index is 1.95. The Labute approximate surface area is 187 Å². The highest BCUT2D eigenvalue weighted by molar-refractivity contribution is 7.92. The van der Waals surface area contributed by atoms with E-state index in [1.807, 2.05) is 0 Å². The zero-order chi connectivity index (χ0) is 23.5. The molecule has 0 saturated carbocycles. The van der Waals surface area contributed by atoms with Gasteiger partial charge in [0.1, 0.15) is 10.8 Å². The topological polar surface area (TPSA) is 114 Å². The number of hydrogen-bond acceptors (Lipinski definition) is 8. The summed E-state index contributed by atoms with van der Waals surface area (Å²) in [4.78, 5) is 8.24. The molecule has 170 valence electrons. The van der Waals surface area contributed by atoms with E-state index in [1.54, 1.807) is 12.1 Å². The fourth-order valence-electron chi connectivity index (χ4n) is 2.64. The predicted molar refractivity (Wildman–Crippen MR) is 118 cm³/mol. The molecule has 0 bridgehead atoms. The standard InChI is InChI=1S/C19H18ClF2N5O4S/c1-30-10-4-6-13(15(8-10)27-32(3,28)29)24-18-11(20)9-23-19(26-18)25-14-7-5-12(21)16(22)17(14)31-2/h4-9,27H,1-3H3,(H2,23,24,25,26). The van der Waals surface area contributed by atoms with Crippen LogP contribution in [0.5, 0.6) is 11.5 Å². The molecule has 0 spiro atoms. The van der Waals surface area contributed by atoms with Crippen LogP contribution < -0.4 is 24.8 Å². The lowest BCUT2D eigenvalue weighted by Gasteiger charge is -2.15. The maximum Gasteiger partial charge on any atom is 0.229 e.